The Morgan fingerprint density at radius 1 is 0.565 bits per heavy atom. The summed E-state index contributed by atoms with van der Waals surface area (Å²) in [6, 6.07) is 0. The molecule has 0 aliphatic heterocycles. The molecule has 16 nitrogen and oxygen atoms in total. The second-order valence-electron chi connectivity index (χ2n) is 4.32. The van der Waals surface area contributed by atoms with Crippen molar-refractivity contribution >= 4 is 30.4 Å². The first-order valence-electron chi connectivity index (χ1n) is 4.98. The van der Waals surface area contributed by atoms with Crippen molar-refractivity contribution in [3.63, 3.8) is 0 Å². The van der Waals surface area contributed by atoms with Crippen molar-refractivity contribution in [3.8, 4) is 0 Å². The van der Waals surface area contributed by atoms with Crippen LogP contribution in [0.15, 0.2) is 0 Å². The zero-order valence-corrected chi connectivity index (χ0v) is 14.5. The molecule has 0 aliphatic rings. The van der Waals surface area contributed by atoms with E-state index in [4.69, 9.17) is 59.4 Å². The van der Waals surface area contributed by atoms with Gasteiger partial charge in [0.05, 0.1) is 0 Å². The van der Waals surface area contributed by atoms with E-state index in [1.54, 1.807) is 0 Å². The molecule has 146 valence electrons. The summed E-state index contributed by atoms with van der Waals surface area (Å²) in [4.78, 5) is 81.7. The summed E-state index contributed by atoms with van der Waals surface area (Å²) < 4.78 is 22.5. The maximum atomic E-state index is 12.0. The zero-order chi connectivity index (χ0) is 19.1. The van der Waals surface area contributed by atoms with Crippen LogP contribution in [0.1, 0.15) is 0 Å². The second kappa shape index (κ2) is 5.98. The van der Waals surface area contributed by atoms with Gasteiger partial charge in [0.25, 0.3) is 0 Å². The van der Waals surface area contributed by atoms with Gasteiger partial charge >= 0.3 is 126 Å². The summed E-state index contributed by atoms with van der Waals surface area (Å²) in [5.41, 5.74) is 0. The van der Waals surface area contributed by atoms with E-state index in [0.29, 0.717) is 0 Å². The molecule has 0 aliphatic carbocycles. The second-order valence-corrected chi connectivity index (χ2v) is 14.4. The van der Waals surface area contributed by atoms with Crippen LogP contribution in [0.25, 0.3) is 0 Å². The van der Waals surface area contributed by atoms with Crippen molar-refractivity contribution in [2.24, 2.45) is 0 Å². The summed E-state index contributed by atoms with van der Waals surface area (Å²) in [6.07, 6.45) is -6.34. The van der Waals surface area contributed by atoms with Crippen LogP contribution in [-0.4, -0.2) is 78.4 Å². The van der Waals surface area contributed by atoms with E-state index in [2.05, 4.69) is 12.9 Å². The van der Waals surface area contributed by atoms with Crippen molar-refractivity contribution in [1.29, 1.82) is 0 Å². The van der Waals surface area contributed by atoms with Gasteiger partial charge < -0.3 is 0 Å². The van der Waals surface area contributed by atoms with Crippen LogP contribution in [0.5, 0.6) is 0 Å². The first kappa shape index (κ1) is 23.9. The molecule has 0 aromatic rings. The van der Waals surface area contributed by atoms with Gasteiger partial charge in [-0.3, -0.25) is 0 Å². The molecule has 23 heavy (non-hydrogen) atoms. The molecule has 0 bridgehead atoms. The monoisotopic (exact) mass is 434 g/mol. The summed E-state index contributed by atoms with van der Waals surface area (Å²) in [7, 11) is -26.9. The van der Waals surface area contributed by atoms with Gasteiger partial charge in [-0.25, -0.2) is 0 Å². The Kier molecular flexibility index (Phi) is 6.22. The van der Waals surface area contributed by atoms with E-state index in [9.17, 15) is 4.57 Å². The molecule has 0 radical (unpaired) electrons. The number of hydrogen-bond donors (Lipinski definition) is 12. The first-order chi connectivity index (χ1) is 9.60. The van der Waals surface area contributed by atoms with Gasteiger partial charge in [-0.15, -0.1) is 0 Å². The summed E-state index contributed by atoms with van der Waals surface area (Å²) in [5, 5.41) is 25.7. The fraction of sp³-hybridized carbons (Fsp3) is 1.00. The van der Waals surface area contributed by atoms with Crippen LogP contribution >= 0.6 is 30.4 Å². The first-order valence-corrected chi connectivity index (χ1v) is 13.0. The third kappa shape index (κ3) is 8.72. The predicted octanol–water partition coefficient (Wildman–Crippen LogP) is -3.44. The number of rotatable bonds is 9. The zero-order valence-electron chi connectivity index (χ0n) is 10.9. The van der Waals surface area contributed by atoms with E-state index in [0.717, 1.165) is 0 Å². The molecule has 0 amide bonds. The fourth-order valence-electron chi connectivity index (χ4n) is 0.737. The van der Waals surface area contributed by atoms with Gasteiger partial charge in [0.1, 0.15) is 0 Å². The molecule has 0 heterocycles. The Hall–Kier alpha value is 0.920. The average Bonchev–Trinajstić information content (AvgIpc) is 2.23. The molecule has 0 atom stereocenters. The van der Waals surface area contributed by atoms with Crippen molar-refractivity contribution < 1.29 is 76.9 Å². The van der Waals surface area contributed by atoms with Gasteiger partial charge in [-0.05, 0) is 0 Å². The van der Waals surface area contributed by atoms with Crippen LogP contribution in [0.4, 0.5) is 0 Å². The molecule has 0 unspecified atom stereocenters. The average molecular weight is 434 g/mol. The molecule has 0 saturated heterocycles. The molecule has 12 N–H and O–H groups in total. The molecule has 0 aromatic heterocycles. The Morgan fingerprint density at radius 3 is 0.870 bits per heavy atom. The van der Waals surface area contributed by atoms with E-state index in [1.807, 2.05) is 0 Å². The summed E-state index contributed by atoms with van der Waals surface area (Å²) in [6.45, 7) is 0. The van der Waals surface area contributed by atoms with Gasteiger partial charge in [0, 0.05) is 0 Å². The van der Waals surface area contributed by atoms with Crippen LogP contribution < -0.4 is 0 Å². The predicted molar refractivity (Wildman–Crippen MR) is 72.8 cm³/mol. The number of phosphoric acid groups is 1. The van der Waals surface area contributed by atoms with E-state index >= 15 is 0 Å². The van der Waals surface area contributed by atoms with Crippen molar-refractivity contribution in [3.05, 3.63) is 0 Å². The minimum absolute atomic E-state index is 2.11. The standard InChI is InChI=1S/C3H18O16P4/c4-1-21(8,9,10)17-20(7,18-22(11,12,13)2-5)19-23(14,15,16)3-6/h4-6,8-16H,1-3H2. The van der Waals surface area contributed by atoms with Crippen LogP contribution in [0, 0.1) is 0 Å². The van der Waals surface area contributed by atoms with Crippen LogP contribution in [0.3, 0.4) is 0 Å². The molecule has 0 rings (SSSR count). The Morgan fingerprint density at radius 2 is 0.739 bits per heavy atom. The molecule has 0 fully saturated rings. The number of aliphatic hydroxyl groups excluding tert-OH is 3. The van der Waals surface area contributed by atoms with Crippen LogP contribution in [-0.2, 0) is 17.5 Å². The fourth-order valence-corrected chi connectivity index (χ4v) is 7.44. The Labute approximate surface area is 127 Å². The van der Waals surface area contributed by atoms with Gasteiger partial charge in [-0.1, -0.05) is 0 Å². The molecule has 20 heteroatoms. The normalized spacial score (nSPS) is 22.0. The third-order valence-electron chi connectivity index (χ3n) is 1.54. The van der Waals surface area contributed by atoms with E-state index < -0.39 is 49.4 Å². The molecule has 0 aromatic carbocycles. The summed E-state index contributed by atoms with van der Waals surface area (Å²) in [5.74, 6) is 0. The van der Waals surface area contributed by atoms with Crippen molar-refractivity contribution in [2.75, 3.05) is 19.0 Å². The Bertz CT molecular complexity index is 415. The Balaban J connectivity index is 5.99. The maximum absolute atomic E-state index is 12.0. The summed E-state index contributed by atoms with van der Waals surface area (Å²) >= 11 is 0. The molecule has 0 saturated carbocycles. The number of aliphatic hydroxyl groups is 3. The van der Waals surface area contributed by atoms with Gasteiger partial charge in [0.2, 0.25) is 0 Å². The topological polar surface area (TPSA) is 288 Å². The molecular formula is C3H18O16P4. The van der Waals surface area contributed by atoms with Gasteiger partial charge in [0.15, 0.2) is 0 Å². The number of hydrogen-bond acceptors (Lipinski definition) is 16. The molecule has 0 spiro atoms. The van der Waals surface area contributed by atoms with Crippen LogP contribution in [0.2, 0.25) is 0 Å². The van der Waals surface area contributed by atoms with Gasteiger partial charge in [-0.2, -0.15) is 0 Å². The van der Waals surface area contributed by atoms with Crippen molar-refractivity contribution in [1.82, 2.24) is 0 Å². The SMILES string of the molecule is O=P(OP(O)(O)(O)CO)(OP(O)(O)(O)CO)OP(O)(O)(O)CO. The van der Waals surface area contributed by atoms with Crippen molar-refractivity contribution in [2.45, 2.75) is 0 Å². The minimum atomic E-state index is -6.83. The molecular weight excluding hydrogens is 416 g/mol. The van der Waals surface area contributed by atoms with E-state index in [1.165, 1.54) is 0 Å². The third-order valence-corrected chi connectivity index (χ3v) is 9.44. The quantitative estimate of drug-likeness (QED) is 0.157. The van der Waals surface area contributed by atoms with E-state index in [-0.39, 0.29) is 0 Å².